The molecule has 1 atom stereocenters. The monoisotopic (exact) mass is 278 g/mol. The number of carbonyl (C=O) groups is 2. The van der Waals surface area contributed by atoms with Crippen molar-refractivity contribution < 1.29 is 14.7 Å². The van der Waals surface area contributed by atoms with Gasteiger partial charge in [0, 0.05) is 12.2 Å². The predicted molar refractivity (Wildman–Crippen MR) is 78.5 cm³/mol. The van der Waals surface area contributed by atoms with E-state index in [0.29, 0.717) is 5.69 Å². The van der Waals surface area contributed by atoms with Crippen molar-refractivity contribution >= 4 is 17.5 Å². The zero-order valence-electron chi connectivity index (χ0n) is 12.4. The highest BCUT2D eigenvalue weighted by Gasteiger charge is 2.20. The van der Waals surface area contributed by atoms with Gasteiger partial charge >= 0.3 is 11.8 Å². The second-order valence-corrected chi connectivity index (χ2v) is 5.81. The Morgan fingerprint density at radius 2 is 1.80 bits per heavy atom. The normalized spacial score (nSPS) is 12.7. The fraction of sp³-hybridized carbons (Fsp3) is 0.467. The first kappa shape index (κ1) is 16.2. The standard InChI is InChI=1S/C15H22N2O3/c1-10(18)9-16-13(19)14(20)17-12-8-6-5-7-11(12)15(2,3)4/h5-8,10,18H,9H2,1-4H3,(H,16,19)(H,17,20)/t10-/m1/s1. The number of benzene rings is 1. The second kappa shape index (κ2) is 6.52. The van der Waals surface area contributed by atoms with Crippen molar-refractivity contribution in [2.24, 2.45) is 0 Å². The average Bonchev–Trinajstić information content (AvgIpc) is 2.35. The van der Waals surface area contributed by atoms with Crippen LogP contribution in [0, 0.1) is 0 Å². The summed E-state index contributed by atoms with van der Waals surface area (Å²) in [5.41, 5.74) is 1.44. The van der Waals surface area contributed by atoms with Crippen LogP contribution < -0.4 is 10.6 Å². The Kier molecular flexibility index (Phi) is 5.27. The molecule has 5 heteroatoms. The van der Waals surface area contributed by atoms with E-state index in [2.05, 4.69) is 10.6 Å². The van der Waals surface area contributed by atoms with Crippen molar-refractivity contribution in [3.63, 3.8) is 0 Å². The predicted octanol–water partition coefficient (Wildman–Crippen LogP) is 1.42. The third-order valence-electron chi connectivity index (χ3n) is 2.75. The number of para-hydroxylation sites is 1. The Balaban J connectivity index is 2.79. The first-order valence-electron chi connectivity index (χ1n) is 6.58. The molecule has 0 bridgehead atoms. The van der Waals surface area contributed by atoms with Crippen LogP contribution in [-0.4, -0.2) is 29.6 Å². The molecule has 3 N–H and O–H groups in total. The topological polar surface area (TPSA) is 78.4 Å². The lowest BCUT2D eigenvalue weighted by molar-refractivity contribution is -0.136. The fourth-order valence-electron chi connectivity index (χ4n) is 1.75. The number of aliphatic hydroxyl groups is 1. The highest BCUT2D eigenvalue weighted by atomic mass is 16.3. The van der Waals surface area contributed by atoms with Crippen LogP contribution in [0.3, 0.4) is 0 Å². The smallest absolute Gasteiger partial charge is 0.313 e. The summed E-state index contributed by atoms with van der Waals surface area (Å²) in [7, 11) is 0. The van der Waals surface area contributed by atoms with E-state index in [1.807, 2.05) is 32.9 Å². The van der Waals surface area contributed by atoms with Crippen molar-refractivity contribution in [1.29, 1.82) is 0 Å². The minimum Gasteiger partial charge on any atom is -0.392 e. The van der Waals surface area contributed by atoms with Crippen molar-refractivity contribution in [2.75, 3.05) is 11.9 Å². The Hall–Kier alpha value is -1.88. The van der Waals surface area contributed by atoms with E-state index in [9.17, 15) is 9.59 Å². The molecule has 0 heterocycles. The molecule has 0 aliphatic carbocycles. The molecule has 1 aromatic carbocycles. The number of rotatable bonds is 3. The van der Waals surface area contributed by atoms with Gasteiger partial charge in [-0.25, -0.2) is 0 Å². The van der Waals surface area contributed by atoms with Gasteiger partial charge in [-0.2, -0.15) is 0 Å². The number of amides is 2. The lowest BCUT2D eigenvalue weighted by Gasteiger charge is -2.22. The maximum atomic E-state index is 11.8. The van der Waals surface area contributed by atoms with Crippen molar-refractivity contribution in [1.82, 2.24) is 5.32 Å². The van der Waals surface area contributed by atoms with E-state index in [1.54, 1.807) is 12.1 Å². The molecular formula is C15H22N2O3. The van der Waals surface area contributed by atoms with Crippen LogP contribution in [0.15, 0.2) is 24.3 Å². The van der Waals surface area contributed by atoms with Gasteiger partial charge in [-0.05, 0) is 24.0 Å². The van der Waals surface area contributed by atoms with E-state index in [1.165, 1.54) is 6.92 Å². The Labute approximate surface area is 119 Å². The molecule has 0 saturated carbocycles. The number of hydrogen-bond donors (Lipinski definition) is 3. The molecule has 5 nitrogen and oxygen atoms in total. The number of carbonyl (C=O) groups excluding carboxylic acids is 2. The van der Waals surface area contributed by atoms with Gasteiger partial charge in [0.15, 0.2) is 0 Å². The molecule has 1 aromatic rings. The maximum absolute atomic E-state index is 11.8. The summed E-state index contributed by atoms with van der Waals surface area (Å²) in [4.78, 5) is 23.4. The summed E-state index contributed by atoms with van der Waals surface area (Å²) in [5.74, 6) is -1.49. The molecule has 0 aromatic heterocycles. The molecule has 0 saturated heterocycles. The van der Waals surface area contributed by atoms with E-state index >= 15 is 0 Å². The van der Waals surface area contributed by atoms with Crippen LogP contribution in [0.4, 0.5) is 5.69 Å². The zero-order chi connectivity index (χ0) is 15.3. The highest BCUT2D eigenvalue weighted by molar-refractivity contribution is 6.39. The number of nitrogens with one attached hydrogen (secondary N) is 2. The average molecular weight is 278 g/mol. The van der Waals surface area contributed by atoms with Crippen molar-refractivity contribution in [2.45, 2.75) is 39.2 Å². The first-order valence-corrected chi connectivity index (χ1v) is 6.58. The molecule has 0 unspecified atom stereocenters. The van der Waals surface area contributed by atoms with E-state index in [4.69, 9.17) is 5.11 Å². The molecule has 0 aliphatic rings. The number of aliphatic hydroxyl groups excluding tert-OH is 1. The maximum Gasteiger partial charge on any atom is 0.313 e. The largest absolute Gasteiger partial charge is 0.392 e. The van der Waals surface area contributed by atoms with Gasteiger partial charge in [-0.1, -0.05) is 39.0 Å². The first-order chi connectivity index (χ1) is 9.21. The molecule has 0 fully saturated rings. The summed E-state index contributed by atoms with van der Waals surface area (Å²) in [5, 5.41) is 14.0. The van der Waals surface area contributed by atoms with Gasteiger partial charge in [-0.15, -0.1) is 0 Å². The third kappa shape index (κ3) is 4.66. The van der Waals surface area contributed by atoms with Crippen LogP contribution in [-0.2, 0) is 15.0 Å². The lowest BCUT2D eigenvalue weighted by Crippen LogP contribution is -2.39. The molecule has 0 aliphatic heterocycles. The molecule has 0 spiro atoms. The minimum absolute atomic E-state index is 0.0488. The van der Waals surface area contributed by atoms with Gasteiger partial charge in [0.05, 0.1) is 6.10 Å². The van der Waals surface area contributed by atoms with E-state index < -0.39 is 17.9 Å². The summed E-state index contributed by atoms with van der Waals surface area (Å²) < 4.78 is 0. The van der Waals surface area contributed by atoms with E-state index in [-0.39, 0.29) is 12.0 Å². The number of hydrogen-bond acceptors (Lipinski definition) is 3. The van der Waals surface area contributed by atoms with Crippen molar-refractivity contribution in [3.05, 3.63) is 29.8 Å². The zero-order valence-corrected chi connectivity index (χ0v) is 12.4. The highest BCUT2D eigenvalue weighted by Crippen LogP contribution is 2.29. The fourth-order valence-corrected chi connectivity index (χ4v) is 1.75. The third-order valence-corrected chi connectivity index (χ3v) is 2.75. The molecule has 110 valence electrons. The SMILES string of the molecule is C[C@@H](O)CNC(=O)C(=O)Nc1ccccc1C(C)(C)C. The van der Waals surface area contributed by atoms with Crippen LogP contribution >= 0.6 is 0 Å². The van der Waals surface area contributed by atoms with Crippen LogP contribution in [0.1, 0.15) is 33.3 Å². The van der Waals surface area contributed by atoms with Gasteiger partial charge in [0.1, 0.15) is 0 Å². The lowest BCUT2D eigenvalue weighted by atomic mass is 9.86. The Morgan fingerprint density at radius 1 is 1.20 bits per heavy atom. The van der Waals surface area contributed by atoms with Crippen molar-refractivity contribution in [3.8, 4) is 0 Å². The van der Waals surface area contributed by atoms with Gasteiger partial charge < -0.3 is 15.7 Å². The molecule has 1 rings (SSSR count). The van der Waals surface area contributed by atoms with Gasteiger partial charge in [-0.3, -0.25) is 9.59 Å². The molecular weight excluding hydrogens is 256 g/mol. The molecule has 0 radical (unpaired) electrons. The summed E-state index contributed by atoms with van der Waals surface area (Å²) in [6, 6.07) is 7.38. The number of anilines is 1. The summed E-state index contributed by atoms with van der Waals surface area (Å²) in [6.07, 6.45) is -0.686. The van der Waals surface area contributed by atoms with Crippen LogP contribution in [0.25, 0.3) is 0 Å². The summed E-state index contributed by atoms with van der Waals surface area (Å²) >= 11 is 0. The minimum atomic E-state index is -0.755. The second-order valence-electron chi connectivity index (χ2n) is 5.81. The quantitative estimate of drug-likeness (QED) is 0.732. The molecule has 20 heavy (non-hydrogen) atoms. The van der Waals surface area contributed by atoms with Gasteiger partial charge in [0.2, 0.25) is 0 Å². The van der Waals surface area contributed by atoms with Crippen LogP contribution in [0.5, 0.6) is 0 Å². The summed E-state index contributed by atoms with van der Waals surface area (Å²) in [6.45, 7) is 7.68. The van der Waals surface area contributed by atoms with Crippen LogP contribution in [0.2, 0.25) is 0 Å². The Bertz CT molecular complexity index is 490. The van der Waals surface area contributed by atoms with Gasteiger partial charge in [0.25, 0.3) is 0 Å². The van der Waals surface area contributed by atoms with E-state index in [0.717, 1.165) is 5.56 Å². The molecule has 2 amide bonds. The Morgan fingerprint density at radius 3 is 2.35 bits per heavy atom.